The Morgan fingerprint density at radius 3 is 2.53 bits per heavy atom. The minimum atomic E-state index is -0.439. The van der Waals surface area contributed by atoms with Crippen LogP contribution in [0, 0.1) is 11.8 Å². The zero-order valence-electron chi connectivity index (χ0n) is 11.1. The quantitative estimate of drug-likeness (QED) is 0.751. The number of hydrogen-bond acceptors (Lipinski definition) is 4. The minimum Gasteiger partial charge on any atom is -0.470 e. The van der Waals surface area contributed by atoms with Gasteiger partial charge in [-0.2, -0.15) is 0 Å². The third kappa shape index (κ3) is 3.44. The molecule has 1 fully saturated rings. The number of hydrogen-bond donors (Lipinski definition) is 1. The van der Waals surface area contributed by atoms with E-state index in [0.717, 1.165) is 6.42 Å². The van der Waals surface area contributed by atoms with Crippen molar-refractivity contribution in [3.63, 3.8) is 0 Å². The largest absolute Gasteiger partial charge is 0.470 e. The lowest BCUT2D eigenvalue weighted by Gasteiger charge is -2.42. The van der Waals surface area contributed by atoms with E-state index in [9.17, 15) is 5.11 Å². The van der Waals surface area contributed by atoms with Gasteiger partial charge in [-0.3, -0.25) is 0 Å². The van der Waals surface area contributed by atoms with Gasteiger partial charge in [0, 0.05) is 7.11 Å². The highest BCUT2D eigenvalue weighted by Gasteiger charge is 2.42. The van der Waals surface area contributed by atoms with Crippen LogP contribution in [0.4, 0.5) is 0 Å². The first-order valence-corrected chi connectivity index (χ1v) is 6.25. The molecule has 17 heavy (non-hydrogen) atoms. The molecule has 4 heteroatoms. The van der Waals surface area contributed by atoms with Gasteiger partial charge in [0.25, 0.3) is 0 Å². The number of aliphatic hydroxyl groups excluding tert-OH is 1. The Kier molecular flexibility index (Phi) is 5.95. The molecule has 1 N–H and O–H groups in total. The molecule has 100 valence electrons. The topological polar surface area (TPSA) is 47.9 Å². The van der Waals surface area contributed by atoms with E-state index in [2.05, 4.69) is 13.8 Å². The molecule has 0 aromatic heterocycles. The number of methoxy groups -OCH3 is 1. The third-order valence-corrected chi connectivity index (χ3v) is 3.51. The van der Waals surface area contributed by atoms with Gasteiger partial charge in [0.05, 0.1) is 19.0 Å². The lowest BCUT2D eigenvalue weighted by molar-refractivity contribution is -0.263. The molecular weight excluding hydrogens is 220 g/mol. The first-order chi connectivity index (χ1) is 8.15. The Bertz CT molecular complexity index is 242. The van der Waals surface area contributed by atoms with Gasteiger partial charge in [0.2, 0.25) is 6.29 Å². The van der Waals surface area contributed by atoms with Crippen molar-refractivity contribution in [1.29, 1.82) is 0 Å². The van der Waals surface area contributed by atoms with Crippen LogP contribution in [-0.4, -0.2) is 37.3 Å². The summed E-state index contributed by atoms with van der Waals surface area (Å²) in [5, 5.41) is 9.29. The second-order valence-electron chi connectivity index (χ2n) is 4.56. The first kappa shape index (κ1) is 14.5. The smallest absolute Gasteiger partial charge is 0.226 e. The fourth-order valence-corrected chi connectivity index (χ4v) is 2.13. The Morgan fingerprint density at radius 1 is 1.29 bits per heavy atom. The molecule has 5 atom stereocenters. The van der Waals surface area contributed by atoms with Crippen LogP contribution in [0.25, 0.3) is 0 Å². The molecule has 0 amide bonds. The van der Waals surface area contributed by atoms with Crippen LogP contribution in [0.1, 0.15) is 27.2 Å². The summed E-state index contributed by atoms with van der Waals surface area (Å²) >= 11 is 0. The number of aliphatic hydroxyl groups is 1. The van der Waals surface area contributed by atoms with Crippen molar-refractivity contribution in [3.8, 4) is 0 Å². The van der Waals surface area contributed by atoms with E-state index in [1.165, 1.54) is 0 Å². The average molecular weight is 244 g/mol. The summed E-state index contributed by atoms with van der Waals surface area (Å²) in [7, 11) is 1.66. The van der Waals surface area contributed by atoms with Gasteiger partial charge < -0.3 is 19.3 Å². The summed E-state index contributed by atoms with van der Waals surface area (Å²) in [6.45, 7) is 6.22. The van der Waals surface area contributed by atoms with Crippen LogP contribution in [0.15, 0.2) is 12.3 Å². The molecule has 0 aromatic rings. The van der Waals surface area contributed by atoms with E-state index in [-0.39, 0.29) is 30.7 Å². The van der Waals surface area contributed by atoms with Crippen molar-refractivity contribution in [3.05, 3.63) is 12.3 Å². The van der Waals surface area contributed by atoms with E-state index >= 15 is 0 Å². The molecule has 0 aliphatic carbocycles. The number of ether oxygens (including phenoxy) is 3. The number of allylic oxidation sites excluding steroid dienone is 1. The zero-order valence-corrected chi connectivity index (χ0v) is 11.1. The predicted molar refractivity (Wildman–Crippen MR) is 65.4 cm³/mol. The SMILES string of the molecule is CC/C=C\OC1OC(CO)C(C)C(C)C1OC. The molecule has 0 saturated carbocycles. The molecule has 1 heterocycles. The van der Waals surface area contributed by atoms with Gasteiger partial charge >= 0.3 is 0 Å². The molecule has 4 nitrogen and oxygen atoms in total. The van der Waals surface area contributed by atoms with Gasteiger partial charge in [-0.1, -0.05) is 20.8 Å². The lowest BCUT2D eigenvalue weighted by Crippen LogP contribution is -2.51. The molecule has 0 radical (unpaired) electrons. The maximum absolute atomic E-state index is 9.29. The van der Waals surface area contributed by atoms with Gasteiger partial charge in [-0.25, -0.2) is 0 Å². The van der Waals surface area contributed by atoms with E-state index in [4.69, 9.17) is 14.2 Å². The fourth-order valence-electron chi connectivity index (χ4n) is 2.13. The molecule has 5 unspecified atom stereocenters. The van der Waals surface area contributed by atoms with Crippen molar-refractivity contribution in [2.24, 2.45) is 11.8 Å². The van der Waals surface area contributed by atoms with Crippen LogP contribution in [0.3, 0.4) is 0 Å². The number of rotatable bonds is 5. The zero-order chi connectivity index (χ0) is 12.8. The summed E-state index contributed by atoms with van der Waals surface area (Å²) in [6.07, 6.45) is 3.76. The highest BCUT2D eigenvalue weighted by Crippen LogP contribution is 2.32. The highest BCUT2D eigenvalue weighted by atomic mass is 16.7. The normalized spacial score (nSPS) is 38.5. The van der Waals surface area contributed by atoms with Crippen LogP contribution in [0.2, 0.25) is 0 Å². The van der Waals surface area contributed by atoms with Crippen molar-refractivity contribution >= 4 is 0 Å². The standard InChI is InChI=1S/C13H24O4/c1-5-6-7-16-13-12(15-4)10(3)9(2)11(8-14)17-13/h6-7,9-14H,5,8H2,1-4H3/b7-6-. The second-order valence-corrected chi connectivity index (χ2v) is 4.56. The summed E-state index contributed by atoms with van der Waals surface area (Å²) in [4.78, 5) is 0. The molecule has 0 spiro atoms. The maximum Gasteiger partial charge on any atom is 0.226 e. The van der Waals surface area contributed by atoms with Gasteiger partial charge in [0.15, 0.2) is 0 Å². The van der Waals surface area contributed by atoms with Crippen LogP contribution in [-0.2, 0) is 14.2 Å². The summed E-state index contributed by atoms with van der Waals surface area (Å²) in [5.41, 5.74) is 0. The van der Waals surface area contributed by atoms with Crippen LogP contribution >= 0.6 is 0 Å². The summed E-state index contributed by atoms with van der Waals surface area (Å²) < 4.78 is 16.7. The summed E-state index contributed by atoms with van der Waals surface area (Å²) in [5.74, 6) is 0.533. The molecule has 1 saturated heterocycles. The van der Waals surface area contributed by atoms with E-state index in [0.29, 0.717) is 0 Å². The first-order valence-electron chi connectivity index (χ1n) is 6.25. The molecule has 1 aliphatic rings. The lowest BCUT2D eigenvalue weighted by atomic mass is 9.83. The Labute approximate surface area is 104 Å². The monoisotopic (exact) mass is 244 g/mol. The van der Waals surface area contributed by atoms with Crippen molar-refractivity contribution < 1.29 is 19.3 Å². The Balaban J connectivity index is 2.68. The fraction of sp³-hybridized carbons (Fsp3) is 0.846. The maximum atomic E-state index is 9.29. The van der Waals surface area contributed by atoms with Crippen molar-refractivity contribution in [2.75, 3.05) is 13.7 Å². The molecule has 1 aliphatic heterocycles. The van der Waals surface area contributed by atoms with E-state index in [1.807, 2.05) is 13.0 Å². The third-order valence-electron chi connectivity index (χ3n) is 3.51. The second kappa shape index (κ2) is 6.99. The van der Waals surface area contributed by atoms with E-state index in [1.54, 1.807) is 13.4 Å². The van der Waals surface area contributed by atoms with Crippen molar-refractivity contribution in [2.45, 2.75) is 45.7 Å². The van der Waals surface area contributed by atoms with Gasteiger partial charge in [-0.05, 0) is 24.3 Å². The average Bonchev–Trinajstić information content (AvgIpc) is 2.34. The minimum absolute atomic E-state index is 0.0132. The molecule has 1 rings (SSSR count). The van der Waals surface area contributed by atoms with Gasteiger partial charge in [-0.15, -0.1) is 0 Å². The van der Waals surface area contributed by atoms with Crippen molar-refractivity contribution in [1.82, 2.24) is 0 Å². The predicted octanol–water partition coefficient (Wildman–Crippen LogP) is 1.93. The molecule has 0 bridgehead atoms. The molecular formula is C13H24O4. The molecule has 0 aromatic carbocycles. The Morgan fingerprint density at radius 2 is 2.00 bits per heavy atom. The van der Waals surface area contributed by atoms with E-state index < -0.39 is 6.29 Å². The van der Waals surface area contributed by atoms with Crippen LogP contribution in [0.5, 0.6) is 0 Å². The highest BCUT2D eigenvalue weighted by molar-refractivity contribution is 4.86. The summed E-state index contributed by atoms with van der Waals surface area (Å²) in [6, 6.07) is 0. The van der Waals surface area contributed by atoms with Gasteiger partial charge in [0.1, 0.15) is 6.10 Å². The Hall–Kier alpha value is -0.580. The van der Waals surface area contributed by atoms with Crippen LogP contribution < -0.4 is 0 Å².